The lowest BCUT2D eigenvalue weighted by Crippen LogP contribution is -2.41. The lowest BCUT2D eigenvalue weighted by atomic mass is 9.81. The third kappa shape index (κ3) is 2.57. The monoisotopic (exact) mass is 305 g/mol. The van der Waals surface area contributed by atoms with Crippen LogP contribution in [0.5, 0.6) is 5.88 Å². The van der Waals surface area contributed by atoms with Gasteiger partial charge in [0, 0.05) is 37.2 Å². The van der Waals surface area contributed by atoms with Crippen LogP contribution in [0.25, 0.3) is 0 Å². The summed E-state index contributed by atoms with van der Waals surface area (Å²) in [5.41, 5.74) is 0.583. The summed E-state index contributed by atoms with van der Waals surface area (Å²) in [6, 6.07) is 3.54. The van der Waals surface area contributed by atoms with Crippen LogP contribution in [0.3, 0.4) is 0 Å². The zero-order valence-electron chi connectivity index (χ0n) is 13.4. The Morgan fingerprint density at radius 3 is 3.14 bits per heavy atom. The van der Waals surface area contributed by atoms with E-state index in [1.165, 1.54) is 0 Å². The van der Waals surface area contributed by atoms with Gasteiger partial charge in [0.1, 0.15) is 5.56 Å². The summed E-state index contributed by atoms with van der Waals surface area (Å²) in [6.07, 6.45) is 1.63. The van der Waals surface area contributed by atoms with Gasteiger partial charge >= 0.3 is 0 Å². The fourth-order valence-corrected chi connectivity index (χ4v) is 3.73. The van der Waals surface area contributed by atoms with E-state index >= 15 is 0 Å². The standard InChI is InChI=1S/C16H23N3O3/c1-18(2)9-16-10-19(7-12(16)8-22-11-16)15(20)13-5-4-6-17-14(13)21-3/h4-6,12H,7-11H2,1-3H3/t12-,16+/m0/s1. The molecule has 2 saturated heterocycles. The Hall–Kier alpha value is -1.66. The van der Waals surface area contributed by atoms with Crippen LogP contribution >= 0.6 is 0 Å². The van der Waals surface area contributed by atoms with Crippen LogP contribution in [0, 0.1) is 11.3 Å². The molecule has 120 valence electrons. The van der Waals surface area contributed by atoms with E-state index in [0.717, 1.165) is 32.8 Å². The van der Waals surface area contributed by atoms with Crippen LogP contribution in [0.4, 0.5) is 0 Å². The molecule has 0 bridgehead atoms. The third-order valence-corrected chi connectivity index (χ3v) is 4.63. The predicted molar refractivity (Wildman–Crippen MR) is 82.0 cm³/mol. The van der Waals surface area contributed by atoms with Crippen LogP contribution in [-0.4, -0.2) is 74.7 Å². The molecule has 3 heterocycles. The summed E-state index contributed by atoms with van der Waals surface area (Å²) in [7, 11) is 5.68. The first-order valence-corrected chi connectivity index (χ1v) is 7.56. The number of ether oxygens (including phenoxy) is 2. The van der Waals surface area contributed by atoms with Gasteiger partial charge in [-0.15, -0.1) is 0 Å². The number of hydrogen-bond donors (Lipinski definition) is 0. The van der Waals surface area contributed by atoms with Crippen LogP contribution in [0.2, 0.25) is 0 Å². The fourth-order valence-electron chi connectivity index (χ4n) is 3.73. The van der Waals surface area contributed by atoms with E-state index in [1.54, 1.807) is 25.4 Å². The van der Waals surface area contributed by atoms with Crippen molar-refractivity contribution in [3.63, 3.8) is 0 Å². The molecule has 0 saturated carbocycles. The van der Waals surface area contributed by atoms with Gasteiger partial charge in [-0.25, -0.2) is 4.98 Å². The molecule has 6 nitrogen and oxygen atoms in total. The van der Waals surface area contributed by atoms with Crippen LogP contribution in [0.15, 0.2) is 18.3 Å². The molecule has 1 aromatic heterocycles. The summed E-state index contributed by atoms with van der Waals surface area (Å²) in [5.74, 6) is 0.793. The summed E-state index contributed by atoms with van der Waals surface area (Å²) in [4.78, 5) is 21.1. The molecular weight excluding hydrogens is 282 g/mol. The van der Waals surface area contributed by atoms with Crippen LogP contribution < -0.4 is 4.74 Å². The minimum atomic E-state index is -0.00233. The van der Waals surface area contributed by atoms with E-state index in [0.29, 0.717) is 17.4 Å². The van der Waals surface area contributed by atoms with Crippen molar-refractivity contribution in [3.05, 3.63) is 23.9 Å². The maximum atomic E-state index is 12.8. The molecule has 0 radical (unpaired) electrons. The van der Waals surface area contributed by atoms with Gasteiger partial charge in [0.25, 0.3) is 5.91 Å². The van der Waals surface area contributed by atoms with Gasteiger partial charge < -0.3 is 19.3 Å². The number of amides is 1. The second-order valence-corrected chi connectivity index (χ2v) is 6.56. The molecule has 1 aromatic rings. The first-order chi connectivity index (χ1) is 10.6. The summed E-state index contributed by atoms with van der Waals surface area (Å²) < 4.78 is 10.9. The van der Waals surface area contributed by atoms with Gasteiger partial charge in [0.15, 0.2) is 0 Å². The summed E-state index contributed by atoms with van der Waals surface area (Å²) in [6.45, 7) is 3.87. The second-order valence-electron chi connectivity index (χ2n) is 6.56. The summed E-state index contributed by atoms with van der Waals surface area (Å²) >= 11 is 0. The van der Waals surface area contributed by atoms with Gasteiger partial charge in [-0.2, -0.15) is 0 Å². The smallest absolute Gasteiger partial charge is 0.259 e. The van der Waals surface area contributed by atoms with E-state index in [-0.39, 0.29) is 11.3 Å². The van der Waals surface area contributed by atoms with E-state index < -0.39 is 0 Å². The van der Waals surface area contributed by atoms with Crippen molar-refractivity contribution >= 4 is 5.91 Å². The van der Waals surface area contributed by atoms with Crippen molar-refractivity contribution in [3.8, 4) is 5.88 Å². The van der Waals surface area contributed by atoms with E-state index in [9.17, 15) is 4.79 Å². The highest BCUT2D eigenvalue weighted by atomic mass is 16.5. The molecule has 0 unspecified atom stereocenters. The van der Waals surface area contributed by atoms with E-state index in [4.69, 9.17) is 9.47 Å². The van der Waals surface area contributed by atoms with Crippen molar-refractivity contribution in [1.82, 2.24) is 14.8 Å². The number of pyridine rings is 1. The van der Waals surface area contributed by atoms with Gasteiger partial charge in [-0.05, 0) is 26.2 Å². The molecule has 2 atom stereocenters. The molecule has 2 fully saturated rings. The quantitative estimate of drug-likeness (QED) is 0.821. The Morgan fingerprint density at radius 2 is 2.41 bits per heavy atom. The zero-order chi connectivity index (χ0) is 15.7. The first-order valence-electron chi connectivity index (χ1n) is 7.56. The van der Waals surface area contributed by atoms with Crippen LogP contribution in [-0.2, 0) is 4.74 Å². The Balaban J connectivity index is 1.81. The molecule has 1 amide bonds. The van der Waals surface area contributed by atoms with Gasteiger partial charge in [0.05, 0.1) is 20.3 Å². The maximum absolute atomic E-state index is 12.8. The van der Waals surface area contributed by atoms with Crippen molar-refractivity contribution in [2.75, 3.05) is 54.1 Å². The third-order valence-electron chi connectivity index (χ3n) is 4.63. The van der Waals surface area contributed by atoms with Crippen molar-refractivity contribution in [2.24, 2.45) is 11.3 Å². The van der Waals surface area contributed by atoms with Crippen molar-refractivity contribution in [1.29, 1.82) is 0 Å². The maximum Gasteiger partial charge on any atom is 0.259 e. The number of methoxy groups -OCH3 is 1. The van der Waals surface area contributed by atoms with E-state index in [2.05, 4.69) is 24.0 Å². The van der Waals surface area contributed by atoms with Crippen molar-refractivity contribution < 1.29 is 14.3 Å². The molecular formula is C16H23N3O3. The molecule has 0 aromatic carbocycles. The lowest BCUT2D eigenvalue weighted by Gasteiger charge is -2.30. The highest BCUT2D eigenvalue weighted by Gasteiger charge is 2.52. The van der Waals surface area contributed by atoms with Crippen molar-refractivity contribution in [2.45, 2.75) is 0 Å². The van der Waals surface area contributed by atoms with E-state index in [1.807, 2.05) is 4.90 Å². The number of likely N-dealkylation sites (tertiary alicyclic amines) is 1. The predicted octanol–water partition coefficient (Wildman–Crippen LogP) is 0.740. The van der Waals surface area contributed by atoms with Gasteiger partial charge in [-0.1, -0.05) is 0 Å². The largest absolute Gasteiger partial charge is 0.480 e. The number of rotatable bonds is 4. The normalized spacial score (nSPS) is 27.3. The molecule has 3 rings (SSSR count). The topological polar surface area (TPSA) is 54.9 Å². The number of aromatic nitrogens is 1. The van der Waals surface area contributed by atoms with Gasteiger partial charge in [-0.3, -0.25) is 4.79 Å². The second kappa shape index (κ2) is 5.85. The molecule has 0 spiro atoms. The SMILES string of the molecule is COc1ncccc1C(=O)N1C[C@H]2COC[C@@]2(CN(C)C)C1. The zero-order valence-corrected chi connectivity index (χ0v) is 13.4. The molecule has 6 heteroatoms. The Bertz CT molecular complexity index is 563. The Labute approximate surface area is 131 Å². The van der Waals surface area contributed by atoms with Crippen LogP contribution in [0.1, 0.15) is 10.4 Å². The molecule has 0 N–H and O–H groups in total. The molecule has 0 aliphatic carbocycles. The highest BCUT2D eigenvalue weighted by molar-refractivity contribution is 5.96. The van der Waals surface area contributed by atoms with Gasteiger partial charge in [0.2, 0.25) is 5.88 Å². The number of fused-ring (bicyclic) bond motifs is 1. The lowest BCUT2D eigenvalue weighted by molar-refractivity contribution is 0.0693. The minimum Gasteiger partial charge on any atom is -0.480 e. The molecule has 2 aliphatic heterocycles. The first kappa shape index (κ1) is 15.2. The number of nitrogens with zero attached hydrogens (tertiary/aromatic N) is 3. The highest BCUT2D eigenvalue weighted by Crippen LogP contribution is 2.42. The average molecular weight is 305 g/mol. The molecule has 2 aliphatic rings. The summed E-state index contributed by atoms with van der Waals surface area (Å²) in [5, 5.41) is 0. The number of carbonyl (C=O) groups excluding carboxylic acids is 1. The average Bonchev–Trinajstić information content (AvgIpc) is 3.02. The Kier molecular flexibility index (Phi) is 4.06. The Morgan fingerprint density at radius 1 is 1.59 bits per heavy atom. The molecule has 22 heavy (non-hydrogen) atoms. The fraction of sp³-hybridized carbons (Fsp3) is 0.625. The minimum absolute atomic E-state index is 0.00233. The number of hydrogen-bond acceptors (Lipinski definition) is 5. The number of carbonyl (C=O) groups is 1.